The highest BCUT2D eigenvalue weighted by molar-refractivity contribution is 9.09. The second-order valence-corrected chi connectivity index (χ2v) is 8.51. The first-order valence-corrected chi connectivity index (χ1v) is 9.90. The molecule has 0 saturated carbocycles. The lowest BCUT2D eigenvalue weighted by Crippen LogP contribution is -2.57. The summed E-state index contributed by atoms with van der Waals surface area (Å²) in [6, 6.07) is -0.984. The number of nitrogens with zero attached hydrogens (tertiary/aromatic N) is 1. The van der Waals surface area contributed by atoms with Gasteiger partial charge in [-0.05, 0) is 27.2 Å². The number of esters is 1. The molecular formula is C17H25BrN2O6. The van der Waals surface area contributed by atoms with Crippen LogP contribution in [0.5, 0.6) is 0 Å². The molecule has 2 N–H and O–H groups in total. The van der Waals surface area contributed by atoms with Gasteiger partial charge in [-0.25, -0.2) is 0 Å². The van der Waals surface area contributed by atoms with E-state index in [4.69, 9.17) is 9.47 Å². The van der Waals surface area contributed by atoms with Crippen LogP contribution in [0.3, 0.4) is 0 Å². The number of carbonyl (C=O) groups is 3. The van der Waals surface area contributed by atoms with Gasteiger partial charge in [-0.15, -0.1) is 0 Å². The normalized spacial score (nSPS) is 38.0. The Morgan fingerprint density at radius 3 is 2.77 bits per heavy atom. The summed E-state index contributed by atoms with van der Waals surface area (Å²) in [5.74, 6) is -2.65. The number of likely N-dealkylation sites (tertiary alicyclic amines) is 1. The molecule has 3 heterocycles. The number of hydrogen-bond donors (Lipinski definition) is 2. The molecule has 0 aromatic carbocycles. The van der Waals surface area contributed by atoms with E-state index < -0.39 is 35.6 Å². The van der Waals surface area contributed by atoms with E-state index in [0.717, 1.165) is 0 Å². The molecule has 0 aliphatic carbocycles. The molecule has 1 spiro atoms. The number of halogens is 1. The van der Waals surface area contributed by atoms with Gasteiger partial charge in [0.2, 0.25) is 11.8 Å². The van der Waals surface area contributed by atoms with Crippen molar-refractivity contribution in [3.8, 4) is 0 Å². The first-order chi connectivity index (χ1) is 12.3. The van der Waals surface area contributed by atoms with Gasteiger partial charge in [0.05, 0.1) is 31.2 Å². The maximum absolute atomic E-state index is 13.1. The fourth-order valence-corrected chi connectivity index (χ4v) is 5.59. The molecule has 6 atom stereocenters. The van der Waals surface area contributed by atoms with Gasteiger partial charge in [0.15, 0.2) is 0 Å². The van der Waals surface area contributed by atoms with Crippen molar-refractivity contribution in [1.29, 1.82) is 0 Å². The fourth-order valence-electron chi connectivity index (χ4n) is 4.65. The maximum Gasteiger partial charge on any atom is 0.312 e. The van der Waals surface area contributed by atoms with E-state index in [9.17, 15) is 19.5 Å². The van der Waals surface area contributed by atoms with E-state index in [0.29, 0.717) is 6.42 Å². The summed E-state index contributed by atoms with van der Waals surface area (Å²) >= 11 is 3.55. The van der Waals surface area contributed by atoms with Crippen molar-refractivity contribution in [2.24, 2.45) is 11.8 Å². The minimum atomic E-state index is -1.08. The average molecular weight is 433 g/mol. The van der Waals surface area contributed by atoms with Crippen LogP contribution in [0.15, 0.2) is 0 Å². The Labute approximate surface area is 160 Å². The number of nitrogens with one attached hydrogen (secondary N) is 1. The second kappa shape index (κ2) is 7.09. The number of hydrogen-bond acceptors (Lipinski definition) is 6. The Morgan fingerprint density at radius 2 is 2.19 bits per heavy atom. The van der Waals surface area contributed by atoms with Crippen LogP contribution in [-0.4, -0.2) is 76.2 Å². The molecule has 3 aliphatic heterocycles. The third-order valence-electron chi connectivity index (χ3n) is 5.37. The Hall–Kier alpha value is -1.19. The van der Waals surface area contributed by atoms with Crippen molar-refractivity contribution in [3.05, 3.63) is 0 Å². The highest BCUT2D eigenvalue weighted by Gasteiger charge is 2.76. The number of β-amino-alcohol motifs (C(OH)–C–C–N with tert-alkyl or cyclic N) is 1. The molecule has 3 rings (SSSR count). The first kappa shape index (κ1) is 19.6. The first-order valence-electron chi connectivity index (χ1n) is 8.98. The molecule has 3 fully saturated rings. The quantitative estimate of drug-likeness (QED) is 0.445. The van der Waals surface area contributed by atoms with Gasteiger partial charge in [0.25, 0.3) is 0 Å². The lowest BCUT2D eigenvalue weighted by Gasteiger charge is -2.34. The van der Waals surface area contributed by atoms with E-state index in [1.165, 1.54) is 4.90 Å². The van der Waals surface area contributed by atoms with Gasteiger partial charge in [0.1, 0.15) is 11.6 Å². The van der Waals surface area contributed by atoms with Crippen molar-refractivity contribution in [2.75, 3.05) is 19.8 Å². The van der Waals surface area contributed by atoms with Gasteiger partial charge in [0, 0.05) is 17.4 Å². The number of aliphatic hydroxyl groups excluding tert-OH is 1. The van der Waals surface area contributed by atoms with Gasteiger partial charge in [-0.2, -0.15) is 0 Å². The Morgan fingerprint density at radius 1 is 1.50 bits per heavy atom. The molecule has 2 bridgehead atoms. The standard InChI is InChI=1S/C17H25BrN2O6/c1-4-25-16(24)10-11-15(23)20(5-6-21)13(14(22)19-8(2)3)17(11)7-9(18)12(10)26-17/h8-13,21H,4-7H2,1-3H3,(H,19,22)/t9?,10-,11-,12-,13?,17?/m0/s1. The van der Waals surface area contributed by atoms with Crippen LogP contribution in [-0.2, 0) is 23.9 Å². The lowest BCUT2D eigenvalue weighted by molar-refractivity contribution is -0.154. The van der Waals surface area contributed by atoms with E-state index >= 15 is 0 Å². The number of carbonyl (C=O) groups excluding carboxylic acids is 3. The highest BCUT2D eigenvalue weighted by Crippen LogP contribution is 2.60. The zero-order valence-corrected chi connectivity index (χ0v) is 16.7. The maximum atomic E-state index is 13.1. The minimum Gasteiger partial charge on any atom is -0.466 e. The zero-order valence-electron chi connectivity index (χ0n) is 15.1. The molecule has 0 aromatic heterocycles. The van der Waals surface area contributed by atoms with Gasteiger partial charge in [-0.1, -0.05) is 15.9 Å². The zero-order chi connectivity index (χ0) is 19.2. The van der Waals surface area contributed by atoms with Crippen molar-refractivity contribution in [1.82, 2.24) is 10.2 Å². The van der Waals surface area contributed by atoms with Crippen LogP contribution in [0, 0.1) is 11.8 Å². The summed E-state index contributed by atoms with van der Waals surface area (Å²) in [5, 5.41) is 12.2. The number of ether oxygens (including phenoxy) is 2. The van der Waals surface area contributed by atoms with E-state index in [1.807, 2.05) is 13.8 Å². The summed E-state index contributed by atoms with van der Waals surface area (Å²) in [5.41, 5.74) is -1.08. The van der Waals surface area contributed by atoms with Crippen LogP contribution >= 0.6 is 15.9 Å². The highest BCUT2D eigenvalue weighted by atomic mass is 79.9. The number of fused-ring (bicyclic) bond motifs is 1. The molecule has 146 valence electrons. The Bertz CT molecular complexity index is 614. The van der Waals surface area contributed by atoms with Crippen LogP contribution in [0.4, 0.5) is 0 Å². The third-order valence-corrected chi connectivity index (χ3v) is 6.21. The van der Waals surface area contributed by atoms with Crippen LogP contribution < -0.4 is 5.32 Å². The summed E-state index contributed by atoms with van der Waals surface area (Å²) < 4.78 is 11.4. The average Bonchev–Trinajstić information content (AvgIpc) is 3.12. The molecule has 3 saturated heterocycles. The summed E-state index contributed by atoms with van der Waals surface area (Å²) in [4.78, 5) is 39.8. The molecule has 26 heavy (non-hydrogen) atoms. The molecule has 2 amide bonds. The SMILES string of the molecule is CCOC(=O)[C@H]1[C@H]2C(=O)N(CCO)C(C(=O)NC(C)C)C23CC(Br)[C@@H]1O3. The Kier molecular flexibility index (Phi) is 5.33. The molecule has 8 nitrogen and oxygen atoms in total. The van der Waals surface area contributed by atoms with E-state index in [1.54, 1.807) is 6.92 Å². The van der Waals surface area contributed by atoms with Crippen molar-refractivity contribution < 1.29 is 29.0 Å². The second-order valence-electron chi connectivity index (χ2n) is 7.33. The number of aliphatic hydroxyl groups is 1. The van der Waals surface area contributed by atoms with E-state index in [-0.39, 0.29) is 42.4 Å². The third kappa shape index (κ3) is 2.75. The summed E-state index contributed by atoms with van der Waals surface area (Å²) in [6.45, 7) is 5.33. The van der Waals surface area contributed by atoms with Crippen LogP contribution in [0.25, 0.3) is 0 Å². The number of alkyl halides is 1. The Balaban J connectivity index is 2.02. The smallest absolute Gasteiger partial charge is 0.312 e. The molecule has 0 aromatic rings. The van der Waals surface area contributed by atoms with Crippen LogP contribution in [0.1, 0.15) is 27.2 Å². The summed E-state index contributed by atoms with van der Waals surface area (Å²) in [6.07, 6.45) is -0.0594. The monoisotopic (exact) mass is 432 g/mol. The summed E-state index contributed by atoms with van der Waals surface area (Å²) in [7, 11) is 0. The minimum absolute atomic E-state index is 0.0176. The fraction of sp³-hybridized carbons (Fsp3) is 0.824. The van der Waals surface area contributed by atoms with Gasteiger partial charge < -0.3 is 24.8 Å². The van der Waals surface area contributed by atoms with Crippen molar-refractivity contribution >= 4 is 33.7 Å². The van der Waals surface area contributed by atoms with Gasteiger partial charge in [-0.3, -0.25) is 14.4 Å². The molecule has 3 aliphatic rings. The van der Waals surface area contributed by atoms with Crippen molar-refractivity contribution in [2.45, 2.75) is 55.8 Å². The van der Waals surface area contributed by atoms with E-state index in [2.05, 4.69) is 21.2 Å². The van der Waals surface area contributed by atoms with Crippen LogP contribution in [0.2, 0.25) is 0 Å². The lowest BCUT2D eigenvalue weighted by atomic mass is 9.70. The molecule has 0 radical (unpaired) electrons. The molecular weight excluding hydrogens is 408 g/mol. The molecule has 9 heteroatoms. The largest absolute Gasteiger partial charge is 0.466 e. The topological polar surface area (TPSA) is 105 Å². The number of amides is 2. The molecule has 3 unspecified atom stereocenters. The van der Waals surface area contributed by atoms with Crippen molar-refractivity contribution in [3.63, 3.8) is 0 Å². The predicted octanol–water partition coefficient (Wildman–Crippen LogP) is -0.186. The van der Waals surface area contributed by atoms with Gasteiger partial charge >= 0.3 is 5.97 Å². The number of rotatable bonds is 6. The predicted molar refractivity (Wildman–Crippen MR) is 94.4 cm³/mol.